The van der Waals surface area contributed by atoms with E-state index in [0.717, 1.165) is 37.2 Å². The van der Waals surface area contributed by atoms with E-state index >= 15 is 0 Å². The first-order valence-corrected chi connectivity index (χ1v) is 5.91. The number of aliphatic hydroxyl groups excluding tert-OH is 2. The minimum atomic E-state index is -0.198. The largest absolute Gasteiger partial charge is 0.393 e. The zero-order chi connectivity index (χ0) is 11.5. The van der Waals surface area contributed by atoms with Gasteiger partial charge in [-0.25, -0.2) is 0 Å². The van der Waals surface area contributed by atoms with Crippen LogP contribution >= 0.6 is 11.6 Å². The smallest absolute Gasteiger partial charge is 0.0702 e. The number of nitrogens with zero attached hydrogens (tertiary/aromatic N) is 1. The minimum absolute atomic E-state index is 0.00501. The average molecular weight is 242 g/mol. The van der Waals surface area contributed by atoms with Crippen LogP contribution in [0.3, 0.4) is 0 Å². The molecular weight excluding hydrogens is 226 g/mol. The van der Waals surface area contributed by atoms with Crippen molar-refractivity contribution < 1.29 is 10.2 Å². The maximum atomic E-state index is 9.46. The molecule has 1 aromatic rings. The Morgan fingerprint density at radius 2 is 2.00 bits per heavy atom. The van der Waals surface area contributed by atoms with E-state index < -0.39 is 0 Å². The molecule has 1 aliphatic rings. The van der Waals surface area contributed by atoms with Crippen molar-refractivity contribution >= 4 is 17.3 Å². The van der Waals surface area contributed by atoms with Crippen LogP contribution in [0.2, 0.25) is 5.02 Å². The van der Waals surface area contributed by atoms with Crippen LogP contribution in [0, 0.1) is 0 Å². The van der Waals surface area contributed by atoms with Gasteiger partial charge in [0.25, 0.3) is 0 Å². The summed E-state index contributed by atoms with van der Waals surface area (Å²) in [6.07, 6.45) is 1.32. The molecule has 1 saturated heterocycles. The van der Waals surface area contributed by atoms with Crippen LogP contribution in [0.1, 0.15) is 18.4 Å². The Hall–Kier alpha value is -0.770. The molecule has 0 bridgehead atoms. The maximum absolute atomic E-state index is 9.46. The highest BCUT2D eigenvalue weighted by Gasteiger charge is 2.20. The molecule has 2 N–H and O–H groups in total. The zero-order valence-electron chi connectivity index (χ0n) is 9.06. The van der Waals surface area contributed by atoms with E-state index in [-0.39, 0.29) is 12.7 Å². The van der Waals surface area contributed by atoms with Gasteiger partial charge in [-0.1, -0.05) is 23.7 Å². The number of hydrogen-bond acceptors (Lipinski definition) is 3. The summed E-state index contributed by atoms with van der Waals surface area (Å²) in [6, 6.07) is 5.56. The first-order valence-electron chi connectivity index (χ1n) is 5.53. The lowest BCUT2D eigenvalue weighted by molar-refractivity contribution is 0.145. The van der Waals surface area contributed by atoms with Crippen molar-refractivity contribution in [2.24, 2.45) is 0 Å². The van der Waals surface area contributed by atoms with Crippen LogP contribution < -0.4 is 4.90 Å². The third kappa shape index (κ3) is 2.32. The molecule has 88 valence electrons. The van der Waals surface area contributed by atoms with Gasteiger partial charge in [0.05, 0.1) is 23.4 Å². The molecule has 2 rings (SSSR count). The molecule has 0 unspecified atom stereocenters. The SMILES string of the molecule is OCc1cccc(Cl)c1N1CCC(O)CC1. The second-order valence-electron chi connectivity index (χ2n) is 4.12. The van der Waals surface area contributed by atoms with E-state index in [4.69, 9.17) is 11.6 Å². The molecule has 0 spiro atoms. The Labute approximate surface area is 100 Å². The number of aliphatic hydroxyl groups is 2. The van der Waals surface area contributed by atoms with Crippen LogP contribution in [-0.4, -0.2) is 29.4 Å². The van der Waals surface area contributed by atoms with Crippen molar-refractivity contribution in [3.05, 3.63) is 28.8 Å². The van der Waals surface area contributed by atoms with Gasteiger partial charge in [-0.3, -0.25) is 0 Å². The molecule has 1 aliphatic heterocycles. The minimum Gasteiger partial charge on any atom is -0.393 e. The summed E-state index contributed by atoms with van der Waals surface area (Å²) in [6.45, 7) is 1.57. The number of rotatable bonds is 2. The molecule has 0 aromatic heterocycles. The van der Waals surface area contributed by atoms with Gasteiger partial charge in [0.2, 0.25) is 0 Å². The first-order chi connectivity index (χ1) is 7.72. The summed E-state index contributed by atoms with van der Waals surface area (Å²) >= 11 is 6.16. The Balaban J connectivity index is 2.25. The molecule has 3 nitrogen and oxygen atoms in total. The predicted molar refractivity (Wildman–Crippen MR) is 64.8 cm³/mol. The van der Waals surface area contributed by atoms with Crippen LogP contribution in [0.4, 0.5) is 5.69 Å². The summed E-state index contributed by atoms with van der Waals surface area (Å²) in [5.41, 5.74) is 1.77. The second kappa shape index (κ2) is 5.04. The van der Waals surface area contributed by atoms with Crippen LogP contribution in [-0.2, 0) is 6.61 Å². The van der Waals surface area contributed by atoms with Crippen molar-refractivity contribution in [2.75, 3.05) is 18.0 Å². The number of benzene rings is 1. The Bertz CT molecular complexity index is 362. The monoisotopic (exact) mass is 241 g/mol. The van der Waals surface area contributed by atoms with Crippen molar-refractivity contribution in [1.82, 2.24) is 0 Å². The fraction of sp³-hybridized carbons (Fsp3) is 0.500. The third-order valence-electron chi connectivity index (χ3n) is 3.02. The lowest BCUT2D eigenvalue weighted by atomic mass is 10.1. The molecule has 0 atom stereocenters. The molecule has 16 heavy (non-hydrogen) atoms. The van der Waals surface area contributed by atoms with Gasteiger partial charge >= 0.3 is 0 Å². The van der Waals surface area contributed by atoms with Crippen molar-refractivity contribution in [1.29, 1.82) is 0 Å². The lowest BCUT2D eigenvalue weighted by Gasteiger charge is -2.33. The van der Waals surface area contributed by atoms with Crippen LogP contribution in [0.15, 0.2) is 18.2 Å². The van der Waals surface area contributed by atoms with Crippen LogP contribution in [0.5, 0.6) is 0 Å². The highest BCUT2D eigenvalue weighted by molar-refractivity contribution is 6.33. The van der Waals surface area contributed by atoms with Gasteiger partial charge in [0.15, 0.2) is 0 Å². The summed E-state index contributed by atoms with van der Waals surface area (Å²) in [5, 5.41) is 19.4. The Morgan fingerprint density at radius 1 is 1.31 bits per heavy atom. The van der Waals surface area contributed by atoms with E-state index in [1.807, 2.05) is 18.2 Å². The molecule has 4 heteroatoms. The zero-order valence-corrected chi connectivity index (χ0v) is 9.82. The first kappa shape index (κ1) is 11.7. The number of halogens is 1. The van der Waals surface area contributed by atoms with Crippen molar-refractivity contribution in [3.63, 3.8) is 0 Å². The Morgan fingerprint density at radius 3 is 2.62 bits per heavy atom. The second-order valence-corrected chi connectivity index (χ2v) is 4.53. The van der Waals surface area contributed by atoms with Gasteiger partial charge in [-0.05, 0) is 18.9 Å². The standard InChI is InChI=1S/C12H16ClNO2/c13-11-3-1-2-9(8-15)12(11)14-6-4-10(16)5-7-14/h1-3,10,15-16H,4-8H2. The van der Waals surface area contributed by atoms with Gasteiger partial charge < -0.3 is 15.1 Å². The highest BCUT2D eigenvalue weighted by Crippen LogP contribution is 2.31. The van der Waals surface area contributed by atoms with E-state index in [1.54, 1.807) is 0 Å². The fourth-order valence-electron chi connectivity index (χ4n) is 2.13. The quantitative estimate of drug-likeness (QED) is 0.830. The molecule has 0 saturated carbocycles. The summed E-state index contributed by atoms with van der Waals surface area (Å²) in [4.78, 5) is 2.14. The van der Waals surface area contributed by atoms with Crippen LogP contribution in [0.25, 0.3) is 0 Å². The summed E-state index contributed by atoms with van der Waals surface area (Å²) < 4.78 is 0. The van der Waals surface area contributed by atoms with Gasteiger partial charge in [-0.2, -0.15) is 0 Å². The van der Waals surface area contributed by atoms with Gasteiger partial charge in [0.1, 0.15) is 0 Å². The topological polar surface area (TPSA) is 43.7 Å². The molecule has 1 aromatic carbocycles. The number of anilines is 1. The average Bonchev–Trinajstić information content (AvgIpc) is 2.30. The van der Waals surface area contributed by atoms with E-state index in [0.29, 0.717) is 5.02 Å². The predicted octanol–water partition coefficient (Wildman–Crippen LogP) is 1.79. The molecular formula is C12H16ClNO2. The Kier molecular flexibility index (Phi) is 3.69. The van der Waals surface area contributed by atoms with Crippen molar-refractivity contribution in [3.8, 4) is 0 Å². The van der Waals surface area contributed by atoms with E-state index in [1.165, 1.54) is 0 Å². The van der Waals surface area contributed by atoms with Gasteiger partial charge in [0, 0.05) is 18.7 Å². The number of hydrogen-bond donors (Lipinski definition) is 2. The lowest BCUT2D eigenvalue weighted by Crippen LogP contribution is -2.36. The van der Waals surface area contributed by atoms with Crippen molar-refractivity contribution in [2.45, 2.75) is 25.6 Å². The third-order valence-corrected chi connectivity index (χ3v) is 3.33. The maximum Gasteiger partial charge on any atom is 0.0702 e. The van der Waals surface area contributed by atoms with Gasteiger partial charge in [-0.15, -0.1) is 0 Å². The summed E-state index contributed by atoms with van der Waals surface area (Å²) in [5.74, 6) is 0. The summed E-state index contributed by atoms with van der Waals surface area (Å²) in [7, 11) is 0. The highest BCUT2D eigenvalue weighted by atomic mass is 35.5. The molecule has 0 amide bonds. The normalized spacial score (nSPS) is 17.8. The number of piperidine rings is 1. The fourth-order valence-corrected chi connectivity index (χ4v) is 2.44. The molecule has 1 fully saturated rings. The molecule has 1 heterocycles. The molecule has 0 radical (unpaired) electrons. The number of para-hydroxylation sites is 1. The van der Waals surface area contributed by atoms with E-state index in [9.17, 15) is 10.2 Å². The molecule has 0 aliphatic carbocycles. The van der Waals surface area contributed by atoms with E-state index in [2.05, 4.69) is 4.90 Å².